The van der Waals surface area contributed by atoms with Crippen LogP contribution in [0.25, 0.3) is 10.1 Å². The number of aromatic nitrogens is 1. The van der Waals surface area contributed by atoms with Gasteiger partial charge in [0.05, 0.1) is 10.3 Å². The van der Waals surface area contributed by atoms with Crippen molar-refractivity contribution in [3.8, 4) is 0 Å². The Hall–Kier alpha value is -1.99. The summed E-state index contributed by atoms with van der Waals surface area (Å²) in [7, 11) is 0. The first-order valence-corrected chi connectivity index (χ1v) is 10.7. The number of nitrogens with one attached hydrogen (secondary N) is 1. The second-order valence-corrected chi connectivity index (χ2v) is 8.95. The molecule has 5 heterocycles. The van der Waals surface area contributed by atoms with Crippen molar-refractivity contribution in [2.45, 2.75) is 31.7 Å². The molecule has 3 saturated heterocycles. The van der Waals surface area contributed by atoms with Crippen LogP contribution in [-0.2, 0) is 0 Å². The average Bonchev–Trinajstić information content (AvgIpc) is 3.40. The molecule has 0 aliphatic carbocycles. The number of pyridine rings is 1. The van der Waals surface area contributed by atoms with Crippen molar-refractivity contribution < 1.29 is 9.59 Å². The Bertz CT molecular complexity index is 877. The van der Waals surface area contributed by atoms with E-state index in [1.807, 2.05) is 10.3 Å². The van der Waals surface area contributed by atoms with Crippen molar-refractivity contribution in [1.29, 1.82) is 0 Å². The lowest BCUT2D eigenvalue weighted by Gasteiger charge is -2.30. The van der Waals surface area contributed by atoms with Crippen LogP contribution in [0.4, 0.5) is 0 Å². The Balaban J connectivity index is 1.36. The fraction of sp³-hybridized carbons (Fsp3) is 0.550. The minimum absolute atomic E-state index is 0.0768. The van der Waals surface area contributed by atoms with E-state index in [2.05, 4.69) is 15.2 Å². The zero-order valence-corrected chi connectivity index (χ0v) is 16.1. The van der Waals surface area contributed by atoms with Gasteiger partial charge in [0.15, 0.2) is 0 Å². The number of hydrogen-bond acceptors (Lipinski definition) is 5. The molecule has 0 radical (unpaired) electrons. The Morgan fingerprint density at radius 3 is 2.85 bits per heavy atom. The molecule has 3 atom stereocenters. The minimum atomic E-state index is -0.129. The van der Waals surface area contributed by atoms with Crippen LogP contribution in [0.5, 0.6) is 0 Å². The SMILES string of the molecule is O=C(NC1CC2CCN(C2)C1)c1cc2c(C(=O)N3CCCC3)csc2cn1. The molecule has 3 aliphatic rings. The molecule has 0 saturated carbocycles. The fourth-order valence-corrected chi connectivity index (χ4v) is 5.62. The summed E-state index contributed by atoms with van der Waals surface area (Å²) < 4.78 is 0.955. The monoisotopic (exact) mass is 384 g/mol. The molecule has 3 fully saturated rings. The van der Waals surface area contributed by atoms with Crippen LogP contribution in [0.1, 0.15) is 46.5 Å². The fourth-order valence-electron chi connectivity index (χ4n) is 4.74. The Kier molecular flexibility index (Phi) is 4.36. The van der Waals surface area contributed by atoms with E-state index in [9.17, 15) is 9.59 Å². The summed E-state index contributed by atoms with van der Waals surface area (Å²) in [5.41, 5.74) is 1.11. The standard InChI is InChI=1S/C20H24N4O2S/c25-19(22-14-7-13-3-6-23(10-13)11-14)17-8-15-16(12-27-18(15)9-21-17)20(26)24-4-1-2-5-24/h8-9,12-14H,1-7,10-11H2,(H,22,25). The topological polar surface area (TPSA) is 65.5 Å². The predicted molar refractivity (Wildman–Crippen MR) is 105 cm³/mol. The summed E-state index contributed by atoms with van der Waals surface area (Å²) in [6.45, 7) is 4.91. The van der Waals surface area contributed by atoms with E-state index in [4.69, 9.17) is 0 Å². The molecule has 2 bridgehead atoms. The van der Waals surface area contributed by atoms with E-state index in [-0.39, 0.29) is 17.9 Å². The molecular formula is C20H24N4O2S. The second-order valence-electron chi connectivity index (χ2n) is 8.03. The maximum absolute atomic E-state index is 12.8. The van der Waals surface area contributed by atoms with Crippen LogP contribution in [0.15, 0.2) is 17.6 Å². The molecule has 5 rings (SSSR count). The van der Waals surface area contributed by atoms with Gasteiger partial charge in [-0.15, -0.1) is 11.3 Å². The molecule has 2 aromatic rings. The van der Waals surface area contributed by atoms with Gasteiger partial charge in [0.1, 0.15) is 5.69 Å². The lowest BCUT2D eigenvalue weighted by molar-refractivity contribution is 0.0794. The second kappa shape index (κ2) is 6.87. The molecular weight excluding hydrogens is 360 g/mol. The highest BCUT2D eigenvalue weighted by molar-refractivity contribution is 7.17. The first kappa shape index (κ1) is 17.1. The molecule has 6 nitrogen and oxygen atoms in total. The zero-order chi connectivity index (χ0) is 18.4. The van der Waals surface area contributed by atoms with Gasteiger partial charge >= 0.3 is 0 Å². The van der Waals surface area contributed by atoms with Gasteiger partial charge in [0.2, 0.25) is 0 Å². The minimum Gasteiger partial charge on any atom is -0.347 e. The number of carbonyl (C=O) groups excluding carboxylic acids is 2. The molecule has 142 valence electrons. The number of hydrogen-bond donors (Lipinski definition) is 1. The third-order valence-electron chi connectivity index (χ3n) is 6.12. The smallest absolute Gasteiger partial charge is 0.270 e. The normalized spacial score (nSPS) is 27.3. The highest BCUT2D eigenvalue weighted by atomic mass is 32.1. The molecule has 3 aliphatic heterocycles. The number of likely N-dealkylation sites (tertiary alicyclic amines) is 1. The maximum Gasteiger partial charge on any atom is 0.270 e. The molecule has 2 aromatic heterocycles. The average molecular weight is 385 g/mol. The van der Waals surface area contributed by atoms with Crippen LogP contribution < -0.4 is 5.32 Å². The third-order valence-corrected chi connectivity index (χ3v) is 7.05. The maximum atomic E-state index is 12.8. The quantitative estimate of drug-likeness (QED) is 0.882. The molecule has 27 heavy (non-hydrogen) atoms. The molecule has 0 aromatic carbocycles. The summed E-state index contributed by atoms with van der Waals surface area (Å²) in [6, 6.07) is 1.99. The molecule has 3 unspecified atom stereocenters. The van der Waals surface area contributed by atoms with Crippen molar-refractivity contribution in [1.82, 2.24) is 20.1 Å². The third kappa shape index (κ3) is 3.23. The number of piperidine rings is 1. The van der Waals surface area contributed by atoms with Gasteiger partial charge in [-0.05, 0) is 44.2 Å². The van der Waals surface area contributed by atoms with Gasteiger partial charge in [-0.3, -0.25) is 9.59 Å². The summed E-state index contributed by atoms with van der Waals surface area (Å²) in [5, 5.41) is 5.92. The number of carbonyl (C=O) groups is 2. The highest BCUT2D eigenvalue weighted by Crippen LogP contribution is 2.29. The van der Waals surface area contributed by atoms with E-state index in [1.54, 1.807) is 12.3 Å². The molecule has 2 amide bonds. The number of fused-ring (bicyclic) bond motifs is 3. The van der Waals surface area contributed by atoms with Gasteiger partial charge in [-0.25, -0.2) is 4.98 Å². The van der Waals surface area contributed by atoms with E-state index >= 15 is 0 Å². The van der Waals surface area contributed by atoms with Gasteiger partial charge in [0.25, 0.3) is 11.8 Å². The van der Waals surface area contributed by atoms with E-state index < -0.39 is 0 Å². The first-order chi connectivity index (χ1) is 13.2. The zero-order valence-electron chi connectivity index (χ0n) is 15.3. The van der Waals surface area contributed by atoms with Crippen LogP contribution in [0.3, 0.4) is 0 Å². The molecule has 7 heteroatoms. The summed E-state index contributed by atoms with van der Waals surface area (Å²) in [6.07, 6.45) is 6.17. The van der Waals surface area contributed by atoms with Gasteiger partial charge in [0, 0.05) is 49.2 Å². The van der Waals surface area contributed by atoms with Crippen LogP contribution in [0, 0.1) is 5.92 Å². The van der Waals surface area contributed by atoms with Gasteiger partial charge in [-0.2, -0.15) is 0 Å². The number of nitrogens with zero attached hydrogens (tertiary/aromatic N) is 3. The predicted octanol–water partition coefficient (Wildman–Crippen LogP) is 2.36. The number of amides is 2. The van der Waals surface area contributed by atoms with Gasteiger partial charge in [-0.1, -0.05) is 0 Å². The number of thiophene rings is 1. The Morgan fingerprint density at radius 1 is 1.19 bits per heavy atom. The lowest BCUT2D eigenvalue weighted by Crippen LogP contribution is -2.47. The van der Waals surface area contributed by atoms with Crippen molar-refractivity contribution in [2.24, 2.45) is 5.92 Å². The van der Waals surface area contributed by atoms with Gasteiger partial charge < -0.3 is 15.1 Å². The Labute approximate surface area is 162 Å². The summed E-state index contributed by atoms with van der Waals surface area (Å²) >= 11 is 1.52. The summed E-state index contributed by atoms with van der Waals surface area (Å²) in [4.78, 5) is 34.3. The van der Waals surface area contributed by atoms with E-state index in [1.165, 1.54) is 24.3 Å². The van der Waals surface area contributed by atoms with Crippen LogP contribution >= 0.6 is 11.3 Å². The first-order valence-electron chi connectivity index (χ1n) is 9.87. The number of rotatable bonds is 3. The Morgan fingerprint density at radius 2 is 2.04 bits per heavy atom. The van der Waals surface area contributed by atoms with Crippen molar-refractivity contribution >= 4 is 33.2 Å². The van der Waals surface area contributed by atoms with E-state index in [0.717, 1.165) is 55.5 Å². The summed E-state index contributed by atoms with van der Waals surface area (Å²) in [5.74, 6) is 0.657. The molecule has 1 N–H and O–H groups in total. The van der Waals surface area contributed by atoms with Crippen molar-refractivity contribution in [2.75, 3.05) is 32.7 Å². The lowest BCUT2D eigenvalue weighted by atomic mass is 9.97. The largest absolute Gasteiger partial charge is 0.347 e. The van der Waals surface area contributed by atoms with E-state index in [0.29, 0.717) is 17.2 Å². The molecule has 0 spiro atoms. The van der Waals surface area contributed by atoms with Crippen LogP contribution in [0.2, 0.25) is 0 Å². The van der Waals surface area contributed by atoms with Crippen LogP contribution in [-0.4, -0.2) is 65.4 Å². The van der Waals surface area contributed by atoms with Crippen molar-refractivity contribution in [3.05, 3.63) is 28.9 Å². The highest BCUT2D eigenvalue weighted by Gasteiger charge is 2.33. The van der Waals surface area contributed by atoms with Crippen molar-refractivity contribution in [3.63, 3.8) is 0 Å².